The van der Waals surface area contributed by atoms with E-state index in [1.165, 1.54) is 0 Å². The summed E-state index contributed by atoms with van der Waals surface area (Å²) < 4.78 is 28.7. The molecule has 2 saturated heterocycles. The van der Waals surface area contributed by atoms with E-state index < -0.39 is 10.2 Å². The average Bonchev–Trinajstić information content (AvgIpc) is 2.43. The van der Waals surface area contributed by atoms with E-state index in [1.54, 1.807) is 8.61 Å². The van der Waals surface area contributed by atoms with Gasteiger partial charge in [0.2, 0.25) is 0 Å². The average molecular weight is 304 g/mol. The van der Waals surface area contributed by atoms with Crippen molar-refractivity contribution < 1.29 is 8.42 Å². The Hall–Kier alpha value is -0.210. The maximum Gasteiger partial charge on any atom is 0.282 e. The molecule has 1 unspecified atom stereocenters. The molecular weight excluding hydrogens is 276 g/mol. The van der Waals surface area contributed by atoms with Crippen molar-refractivity contribution in [3.05, 3.63) is 0 Å². The maximum absolute atomic E-state index is 12.7. The zero-order valence-electron chi connectivity index (χ0n) is 12.9. The Morgan fingerprint density at radius 3 is 2.30 bits per heavy atom. The fourth-order valence-corrected chi connectivity index (χ4v) is 4.74. The van der Waals surface area contributed by atoms with Gasteiger partial charge in [0, 0.05) is 38.8 Å². The minimum atomic E-state index is -3.26. The lowest BCUT2D eigenvalue weighted by molar-refractivity contribution is 0.149. The summed E-state index contributed by atoms with van der Waals surface area (Å²) in [6.45, 7) is 6.43. The van der Waals surface area contributed by atoms with Crippen molar-refractivity contribution in [1.29, 1.82) is 0 Å². The zero-order chi connectivity index (χ0) is 14.8. The Morgan fingerprint density at radius 2 is 1.75 bits per heavy atom. The molecule has 0 amide bonds. The minimum absolute atomic E-state index is 0.292. The molecule has 0 spiro atoms. The summed E-state index contributed by atoms with van der Waals surface area (Å²) in [7, 11) is 0.746. The molecule has 2 fully saturated rings. The van der Waals surface area contributed by atoms with E-state index in [0.717, 1.165) is 25.9 Å². The van der Waals surface area contributed by atoms with Gasteiger partial charge in [-0.1, -0.05) is 0 Å². The molecule has 1 atom stereocenters. The van der Waals surface area contributed by atoms with Crippen LogP contribution >= 0.6 is 0 Å². The molecule has 0 saturated carbocycles. The van der Waals surface area contributed by atoms with E-state index in [9.17, 15) is 8.42 Å². The highest BCUT2D eigenvalue weighted by Crippen LogP contribution is 2.22. The molecule has 2 heterocycles. The van der Waals surface area contributed by atoms with Crippen LogP contribution in [-0.2, 0) is 10.2 Å². The van der Waals surface area contributed by atoms with Gasteiger partial charge in [-0.25, -0.2) is 0 Å². The molecule has 0 aliphatic carbocycles. The van der Waals surface area contributed by atoms with Gasteiger partial charge in [-0.15, -0.1) is 0 Å². The molecule has 6 nitrogen and oxygen atoms in total. The normalized spacial score (nSPS) is 28.9. The molecule has 0 aromatic carbocycles. The highest BCUT2D eigenvalue weighted by Gasteiger charge is 2.35. The van der Waals surface area contributed by atoms with E-state index >= 15 is 0 Å². The monoisotopic (exact) mass is 304 g/mol. The number of hydrogen-bond acceptors (Lipinski definition) is 4. The first kappa shape index (κ1) is 16.2. The second kappa shape index (κ2) is 6.70. The standard InChI is InChI=1S/C13H28N4O2S/c1-12-11-17(9-8-15(12)3)20(18,19)16-6-4-13(5-7-16)10-14-2/h12-14H,4-11H2,1-3H3. The topological polar surface area (TPSA) is 55.9 Å². The quantitative estimate of drug-likeness (QED) is 0.781. The summed E-state index contributed by atoms with van der Waals surface area (Å²) in [5.74, 6) is 0.609. The number of hydrogen-bond donors (Lipinski definition) is 1. The SMILES string of the molecule is CNCC1CCN(S(=O)(=O)N2CCN(C)C(C)C2)CC1. The Morgan fingerprint density at radius 1 is 1.10 bits per heavy atom. The van der Waals surface area contributed by atoms with Crippen LogP contribution in [0.25, 0.3) is 0 Å². The lowest BCUT2D eigenvalue weighted by Crippen LogP contribution is -2.56. The molecule has 2 aliphatic rings. The van der Waals surface area contributed by atoms with E-state index in [-0.39, 0.29) is 0 Å². The Balaban J connectivity index is 1.94. The van der Waals surface area contributed by atoms with Crippen LogP contribution in [0.2, 0.25) is 0 Å². The predicted molar refractivity (Wildman–Crippen MR) is 80.8 cm³/mol. The number of piperazine rings is 1. The van der Waals surface area contributed by atoms with Gasteiger partial charge >= 0.3 is 0 Å². The van der Waals surface area contributed by atoms with Gasteiger partial charge in [-0.05, 0) is 46.3 Å². The second-order valence-electron chi connectivity index (χ2n) is 6.10. The van der Waals surface area contributed by atoms with Gasteiger partial charge in [0.25, 0.3) is 10.2 Å². The van der Waals surface area contributed by atoms with Crippen LogP contribution in [0.3, 0.4) is 0 Å². The van der Waals surface area contributed by atoms with E-state index in [0.29, 0.717) is 38.1 Å². The van der Waals surface area contributed by atoms with Gasteiger partial charge in [0.1, 0.15) is 0 Å². The lowest BCUT2D eigenvalue weighted by Gasteiger charge is -2.40. The Kier molecular flexibility index (Phi) is 5.42. The van der Waals surface area contributed by atoms with Crippen molar-refractivity contribution in [2.24, 2.45) is 5.92 Å². The number of nitrogens with one attached hydrogen (secondary N) is 1. The summed E-state index contributed by atoms with van der Waals surface area (Å²) >= 11 is 0. The van der Waals surface area contributed by atoms with Crippen LogP contribution in [0.15, 0.2) is 0 Å². The van der Waals surface area contributed by atoms with Crippen molar-refractivity contribution >= 4 is 10.2 Å². The Labute approximate surface area is 123 Å². The lowest BCUT2D eigenvalue weighted by atomic mass is 9.98. The fraction of sp³-hybridized carbons (Fsp3) is 1.00. The van der Waals surface area contributed by atoms with Gasteiger partial charge in [-0.3, -0.25) is 0 Å². The summed E-state index contributed by atoms with van der Waals surface area (Å²) in [5.41, 5.74) is 0. The van der Waals surface area contributed by atoms with Crippen molar-refractivity contribution in [2.45, 2.75) is 25.8 Å². The van der Waals surface area contributed by atoms with Crippen molar-refractivity contribution in [3.63, 3.8) is 0 Å². The summed E-state index contributed by atoms with van der Waals surface area (Å²) in [6.07, 6.45) is 1.92. The molecule has 2 rings (SSSR count). The summed E-state index contributed by atoms with van der Waals surface area (Å²) in [4.78, 5) is 2.21. The molecular formula is C13H28N4O2S. The smallest absolute Gasteiger partial charge is 0.282 e. The van der Waals surface area contributed by atoms with Crippen molar-refractivity contribution in [3.8, 4) is 0 Å². The number of nitrogens with zero attached hydrogens (tertiary/aromatic N) is 3. The number of piperidine rings is 1. The second-order valence-corrected chi connectivity index (χ2v) is 8.02. The van der Waals surface area contributed by atoms with Crippen molar-refractivity contribution in [2.75, 3.05) is 53.4 Å². The third-order valence-corrected chi connectivity index (χ3v) is 6.64. The zero-order valence-corrected chi connectivity index (χ0v) is 13.7. The summed E-state index contributed by atoms with van der Waals surface area (Å²) in [5, 5.41) is 3.18. The van der Waals surface area contributed by atoms with Crippen LogP contribution in [0.5, 0.6) is 0 Å². The van der Waals surface area contributed by atoms with Crippen LogP contribution in [0.1, 0.15) is 19.8 Å². The van der Waals surface area contributed by atoms with E-state index in [4.69, 9.17) is 0 Å². The molecule has 20 heavy (non-hydrogen) atoms. The van der Waals surface area contributed by atoms with Crippen LogP contribution in [-0.4, -0.2) is 81.3 Å². The number of likely N-dealkylation sites (N-methyl/N-ethyl adjacent to an activating group) is 1. The first-order valence-corrected chi connectivity index (χ1v) is 8.95. The number of rotatable bonds is 4. The van der Waals surface area contributed by atoms with Gasteiger partial charge < -0.3 is 10.2 Å². The highest BCUT2D eigenvalue weighted by molar-refractivity contribution is 7.86. The third-order valence-electron chi connectivity index (χ3n) is 4.64. The first-order chi connectivity index (χ1) is 9.45. The third kappa shape index (κ3) is 3.51. The molecule has 118 valence electrons. The van der Waals surface area contributed by atoms with E-state index in [2.05, 4.69) is 24.2 Å². The molecule has 7 heteroatoms. The highest BCUT2D eigenvalue weighted by atomic mass is 32.2. The molecule has 2 aliphatic heterocycles. The van der Waals surface area contributed by atoms with Gasteiger partial charge in [-0.2, -0.15) is 17.0 Å². The van der Waals surface area contributed by atoms with Crippen LogP contribution < -0.4 is 5.32 Å². The van der Waals surface area contributed by atoms with Crippen LogP contribution in [0, 0.1) is 5.92 Å². The maximum atomic E-state index is 12.7. The van der Waals surface area contributed by atoms with E-state index in [1.807, 2.05) is 7.05 Å². The molecule has 0 aromatic heterocycles. The van der Waals surface area contributed by atoms with Gasteiger partial charge in [0.15, 0.2) is 0 Å². The molecule has 0 bridgehead atoms. The minimum Gasteiger partial charge on any atom is -0.319 e. The van der Waals surface area contributed by atoms with Crippen molar-refractivity contribution in [1.82, 2.24) is 18.8 Å². The predicted octanol–water partition coefficient (Wildman–Crippen LogP) is -0.201. The molecule has 0 aromatic rings. The Bertz CT molecular complexity index is 407. The van der Waals surface area contributed by atoms with Crippen LogP contribution in [0.4, 0.5) is 0 Å². The largest absolute Gasteiger partial charge is 0.319 e. The molecule has 1 N–H and O–H groups in total. The fourth-order valence-electron chi connectivity index (χ4n) is 3.02. The van der Waals surface area contributed by atoms with Gasteiger partial charge in [0.05, 0.1) is 0 Å². The first-order valence-electron chi connectivity index (χ1n) is 7.55. The summed E-state index contributed by atoms with van der Waals surface area (Å²) in [6, 6.07) is 0.292. The molecule has 0 radical (unpaired) electrons.